The minimum absolute atomic E-state index is 0.203. The Kier molecular flexibility index (Phi) is 4.28. The molecule has 118 valence electrons. The van der Waals surface area contributed by atoms with Crippen molar-refractivity contribution in [2.24, 2.45) is 0 Å². The van der Waals surface area contributed by atoms with E-state index in [0.717, 1.165) is 29.7 Å². The van der Waals surface area contributed by atoms with Crippen molar-refractivity contribution in [3.05, 3.63) is 35.5 Å². The molecule has 0 N–H and O–H groups in total. The number of halogens is 1. The monoisotopic (exact) mass is 338 g/mol. The number of aromatic nitrogens is 1. The lowest BCUT2D eigenvalue weighted by atomic mass is 10.1. The number of hydrogen-bond acceptors (Lipinski definition) is 4. The summed E-state index contributed by atoms with van der Waals surface area (Å²) in [6.07, 6.45) is 3.15. The molecule has 0 bridgehead atoms. The van der Waals surface area contributed by atoms with E-state index in [0.29, 0.717) is 17.9 Å². The van der Waals surface area contributed by atoms with Crippen LogP contribution in [-0.4, -0.2) is 37.5 Å². The summed E-state index contributed by atoms with van der Waals surface area (Å²) >= 11 is 6.11. The average molecular weight is 339 g/mol. The molecule has 6 heteroatoms. The molecular formula is C16H19ClN2O2S. The van der Waals surface area contributed by atoms with E-state index in [1.807, 2.05) is 24.3 Å². The highest BCUT2D eigenvalue weighted by Crippen LogP contribution is 2.30. The van der Waals surface area contributed by atoms with Crippen LogP contribution in [0.25, 0.3) is 10.9 Å². The van der Waals surface area contributed by atoms with E-state index in [9.17, 15) is 8.42 Å². The maximum Gasteiger partial charge on any atom is 0.153 e. The molecule has 1 fully saturated rings. The third-order valence-electron chi connectivity index (χ3n) is 4.37. The van der Waals surface area contributed by atoms with Gasteiger partial charge in [-0.1, -0.05) is 18.5 Å². The fourth-order valence-corrected chi connectivity index (χ4v) is 4.64. The van der Waals surface area contributed by atoms with Crippen LogP contribution in [0.4, 0.5) is 5.69 Å². The molecule has 0 radical (unpaired) electrons. The third kappa shape index (κ3) is 2.92. The summed E-state index contributed by atoms with van der Waals surface area (Å²) in [5.41, 5.74) is 1.99. The third-order valence-corrected chi connectivity index (χ3v) is 6.90. The lowest BCUT2D eigenvalue weighted by molar-refractivity contribution is 0.531. The Labute approximate surface area is 136 Å². The van der Waals surface area contributed by atoms with E-state index >= 15 is 0 Å². The first-order chi connectivity index (χ1) is 10.5. The Morgan fingerprint density at radius 2 is 2.00 bits per heavy atom. The maximum absolute atomic E-state index is 12.0. The first kappa shape index (κ1) is 15.6. The molecule has 2 heterocycles. The molecule has 0 atom stereocenters. The highest BCUT2D eigenvalue weighted by Gasteiger charge is 2.29. The lowest BCUT2D eigenvalue weighted by Crippen LogP contribution is -2.39. The molecule has 1 aromatic heterocycles. The van der Waals surface area contributed by atoms with E-state index in [4.69, 9.17) is 11.6 Å². The molecule has 4 nitrogen and oxygen atoms in total. The van der Waals surface area contributed by atoms with Crippen molar-refractivity contribution in [3.8, 4) is 0 Å². The topological polar surface area (TPSA) is 50.3 Å². The van der Waals surface area contributed by atoms with Crippen molar-refractivity contribution in [1.82, 2.24) is 4.98 Å². The smallest absolute Gasteiger partial charge is 0.153 e. The quantitative estimate of drug-likeness (QED) is 0.861. The molecule has 0 spiro atoms. The Bertz CT molecular complexity index is 784. The summed E-state index contributed by atoms with van der Waals surface area (Å²) < 4.78 is 24.0. The number of hydrogen-bond donors (Lipinski definition) is 0. The van der Waals surface area contributed by atoms with Gasteiger partial charge in [0.25, 0.3) is 0 Å². The predicted octanol–water partition coefficient (Wildman–Crippen LogP) is 3.29. The maximum atomic E-state index is 12.0. The molecule has 2 aromatic rings. The van der Waals surface area contributed by atoms with Crippen LogP contribution in [0.2, 0.25) is 5.02 Å². The minimum atomic E-state index is -2.94. The van der Waals surface area contributed by atoms with Gasteiger partial charge in [-0.2, -0.15) is 0 Å². The van der Waals surface area contributed by atoms with Gasteiger partial charge in [0.1, 0.15) is 0 Å². The van der Waals surface area contributed by atoms with E-state index < -0.39 is 9.84 Å². The molecule has 3 rings (SSSR count). The van der Waals surface area contributed by atoms with Gasteiger partial charge in [0.15, 0.2) is 9.84 Å². The number of anilines is 1. The molecule has 0 saturated carbocycles. The zero-order chi connectivity index (χ0) is 15.7. The second-order valence-corrected chi connectivity index (χ2v) is 8.64. The normalized spacial score (nSPS) is 17.1. The Morgan fingerprint density at radius 3 is 2.68 bits per heavy atom. The summed E-state index contributed by atoms with van der Waals surface area (Å²) in [6, 6.07) is 7.65. The van der Waals surface area contributed by atoms with Crippen molar-refractivity contribution in [3.63, 3.8) is 0 Å². The molecule has 22 heavy (non-hydrogen) atoms. The average Bonchev–Trinajstić information content (AvgIpc) is 2.54. The van der Waals surface area contributed by atoms with E-state index in [1.165, 1.54) is 0 Å². The van der Waals surface area contributed by atoms with Crippen LogP contribution in [0, 0.1) is 0 Å². The fourth-order valence-electron chi connectivity index (χ4n) is 3.07. The van der Waals surface area contributed by atoms with Crippen LogP contribution in [0.3, 0.4) is 0 Å². The van der Waals surface area contributed by atoms with Gasteiger partial charge in [-0.25, -0.2) is 8.42 Å². The van der Waals surface area contributed by atoms with E-state index in [2.05, 4.69) is 9.88 Å². The largest absolute Gasteiger partial charge is 0.371 e. The van der Waals surface area contributed by atoms with Crippen LogP contribution in [-0.2, 0) is 9.84 Å². The molecule has 1 aliphatic heterocycles. The lowest BCUT2D eigenvalue weighted by Gasteiger charge is -2.33. The molecule has 1 aromatic carbocycles. The highest BCUT2D eigenvalue weighted by atomic mass is 35.5. The van der Waals surface area contributed by atoms with Crippen molar-refractivity contribution < 1.29 is 8.42 Å². The fraction of sp³-hybridized carbons (Fsp3) is 0.438. The molecule has 1 aliphatic rings. The summed E-state index contributed by atoms with van der Waals surface area (Å²) in [4.78, 5) is 6.60. The second kappa shape index (κ2) is 6.05. The predicted molar refractivity (Wildman–Crippen MR) is 91.4 cm³/mol. The van der Waals surface area contributed by atoms with Crippen molar-refractivity contribution in [2.45, 2.75) is 25.0 Å². The van der Waals surface area contributed by atoms with Crippen LogP contribution < -0.4 is 4.90 Å². The number of rotatable bonds is 3. The number of fused-ring (bicyclic) bond motifs is 1. The van der Waals surface area contributed by atoms with Gasteiger partial charge >= 0.3 is 0 Å². The van der Waals surface area contributed by atoms with Gasteiger partial charge in [0.05, 0.1) is 10.8 Å². The molecule has 1 saturated heterocycles. The van der Waals surface area contributed by atoms with Crippen LogP contribution in [0.5, 0.6) is 0 Å². The van der Waals surface area contributed by atoms with Crippen LogP contribution in [0.15, 0.2) is 30.5 Å². The molecular weight excluding hydrogens is 320 g/mol. The zero-order valence-corrected chi connectivity index (χ0v) is 14.1. The number of benzene rings is 1. The van der Waals surface area contributed by atoms with Gasteiger partial charge in [-0.05, 0) is 37.1 Å². The first-order valence-corrected chi connectivity index (χ1v) is 9.61. The molecule has 0 unspecified atom stereocenters. The number of sulfone groups is 1. The van der Waals surface area contributed by atoms with E-state index in [1.54, 1.807) is 13.1 Å². The summed E-state index contributed by atoms with van der Waals surface area (Å²) in [5.74, 6) is 0.228. The van der Waals surface area contributed by atoms with Gasteiger partial charge in [0.2, 0.25) is 0 Å². The Morgan fingerprint density at radius 1 is 1.27 bits per heavy atom. The van der Waals surface area contributed by atoms with Gasteiger partial charge in [0, 0.05) is 41.1 Å². The first-order valence-electron chi connectivity index (χ1n) is 7.52. The second-order valence-electron chi connectivity index (χ2n) is 5.63. The van der Waals surface area contributed by atoms with Gasteiger partial charge < -0.3 is 4.90 Å². The summed E-state index contributed by atoms with van der Waals surface area (Å²) in [6.45, 7) is 3.21. The highest BCUT2D eigenvalue weighted by molar-refractivity contribution is 7.92. The standard InChI is InChI=1S/C16H19ClN2O2S/c1-2-22(20,21)13-6-9-19(10-7-13)16-5-8-18-15-4-3-12(17)11-14(15)16/h3-5,8,11,13H,2,6-7,9-10H2,1H3. The van der Waals surface area contributed by atoms with Crippen molar-refractivity contribution >= 4 is 38.0 Å². The number of nitrogens with zero attached hydrogens (tertiary/aromatic N) is 2. The van der Waals surface area contributed by atoms with Crippen molar-refractivity contribution in [1.29, 1.82) is 0 Å². The zero-order valence-electron chi connectivity index (χ0n) is 12.5. The van der Waals surface area contributed by atoms with Crippen molar-refractivity contribution in [2.75, 3.05) is 23.7 Å². The van der Waals surface area contributed by atoms with Gasteiger partial charge in [-0.15, -0.1) is 0 Å². The Balaban J connectivity index is 1.87. The van der Waals surface area contributed by atoms with Crippen LogP contribution in [0.1, 0.15) is 19.8 Å². The summed E-state index contributed by atoms with van der Waals surface area (Å²) in [5, 5.41) is 1.50. The SMILES string of the molecule is CCS(=O)(=O)C1CCN(c2ccnc3ccc(Cl)cc23)CC1. The molecule has 0 aliphatic carbocycles. The minimum Gasteiger partial charge on any atom is -0.371 e. The summed E-state index contributed by atoms with van der Waals surface area (Å²) in [7, 11) is -2.94. The number of pyridine rings is 1. The van der Waals surface area contributed by atoms with Crippen LogP contribution >= 0.6 is 11.6 Å². The molecule has 0 amide bonds. The van der Waals surface area contributed by atoms with Gasteiger partial charge in [-0.3, -0.25) is 4.98 Å². The van der Waals surface area contributed by atoms with E-state index in [-0.39, 0.29) is 11.0 Å². The Hall–Kier alpha value is -1.33. The number of piperidine rings is 1.